The van der Waals surface area contributed by atoms with Gasteiger partial charge in [-0.15, -0.1) is 13.2 Å². The highest BCUT2D eigenvalue weighted by Gasteiger charge is 2.31. The Morgan fingerprint density at radius 3 is 2.18 bits per heavy atom. The molecule has 0 amide bonds. The van der Waals surface area contributed by atoms with Gasteiger partial charge >= 0.3 is 6.36 Å². The van der Waals surface area contributed by atoms with Gasteiger partial charge in [-0.1, -0.05) is 72.8 Å². The van der Waals surface area contributed by atoms with Gasteiger partial charge in [-0.3, -0.25) is 4.79 Å². The van der Waals surface area contributed by atoms with Crippen molar-refractivity contribution in [2.45, 2.75) is 25.3 Å². The summed E-state index contributed by atoms with van der Waals surface area (Å²) >= 11 is 0. The predicted molar refractivity (Wildman–Crippen MR) is 119 cm³/mol. The third-order valence-electron chi connectivity index (χ3n) is 5.35. The van der Waals surface area contributed by atoms with E-state index in [0.717, 1.165) is 28.5 Å². The summed E-state index contributed by atoms with van der Waals surface area (Å²) in [5, 5.41) is 0. The van der Waals surface area contributed by atoms with Crippen molar-refractivity contribution in [3.05, 3.63) is 113 Å². The molecule has 0 aliphatic heterocycles. The maximum atomic E-state index is 12.3. The highest BCUT2D eigenvalue weighted by molar-refractivity contribution is 5.80. The van der Waals surface area contributed by atoms with E-state index in [1.165, 1.54) is 12.1 Å². The van der Waals surface area contributed by atoms with Crippen molar-refractivity contribution in [3.8, 4) is 16.9 Å². The first-order valence-corrected chi connectivity index (χ1v) is 10.4. The lowest BCUT2D eigenvalue weighted by Crippen LogP contribution is -2.17. The molecule has 1 unspecified atom stereocenters. The van der Waals surface area contributed by atoms with Gasteiger partial charge in [-0.05, 0) is 46.9 Å². The number of ether oxygens (including phenoxy) is 2. The van der Waals surface area contributed by atoms with Crippen LogP contribution < -0.4 is 4.74 Å². The first kappa shape index (κ1) is 22.4. The largest absolute Gasteiger partial charge is 0.573 e. The van der Waals surface area contributed by atoms with Crippen LogP contribution in [0.3, 0.4) is 0 Å². The molecule has 0 heterocycles. The van der Waals surface area contributed by atoms with Gasteiger partial charge < -0.3 is 9.47 Å². The molecule has 3 aromatic carbocycles. The zero-order valence-electron chi connectivity index (χ0n) is 17.6. The maximum Gasteiger partial charge on any atom is 0.573 e. The van der Waals surface area contributed by atoms with E-state index in [0.29, 0.717) is 24.4 Å². The van der Waals surface area contributed by atoms with Gasteiger partial charge in [0.15, 0.2) is 6.29 Å². The second kappa shape index (κ2) is 9.77. The van der Waals surface area contributed by atoms with Crippen LogP contribution in [-0.2, 0) is 16.1 Å². The number of alkyl halides is 3. The van der Waals surface area contributed by atoms with Gasteiger partial charge in [0.25, 0.3) is 0 Å². The summed E-state index contributed by atoms with van der Waals surface area (Å²) in [6.07, 6.45) is 0.192. The van der Waals surface area contributed by atoms with Crippen molar-refractivity contribution in [3.63, 3.8) is 0 Å². The average Bonchev–Trinajstić information content (AvgIpc) is 2.83. The second-order valence-corrected chi connectivity index (χ2v) is 7.62. The van der Waals surface area contributed by atoms with E-state index in [-0.39, 0.29) is 11.7 Å². The number of halogens is 3. The predicted octanol–water partition coefficient (Wildman–Crippen LogP) is 6.97. The molecule has 0 bridgehead atoms. The van der Waals surface area contributed by atoms with Gasteiger partial charge in [0.1, 0.15) is 18.1 Å². The van der Waals surface area contributed by atoms with Crippen LogP contribution in [-0.4, -0.2) is 12.6 Å². The van der Waals surface area contributed by atoms with Crippen molar-refractivity contribution in [1.82, 2.24) is 0 Å². The lowest BCUT2D eigenvalue weighted by molar-refractivity contribution is -0.274. The Balaban J connectivity index is 1.38. The van der Waals surface area contributed by atoms with Gasteiger partial charge in [0.05, 0.1) is 5.57 Å². The van der Waals surface area contributed by atoms with Crippen LogP contribution in [0.5, 0.6) is 5.75 Å². The summed E-state index contributed by atoms with van der Waals surface area (Å²) in [6.45, 7) is 0.320. The Hall–Kier alpha value is -3.80. The van der Waals surface area contributed by atoms with Crippen molar-refractivity contribution < 1.29 is 27.4 Å². The van der Waals surface area contributed by atoms with Crippen molar-refractivity contribution >= 4 is 6.29 Å². The van der Waals surface area contributed by atoms with Gasteiger partial charge in [-0.2, -0.15) is 0 Å². The number of carbonyl (C=O) groups is 1. The summed E-state index contributed by atoms with van der Waals surface area (Å²) in [4.78, 5) is 11.6. The van der Waals surface area contributed by atoms with E-state index in [2.05, 4.69) is 4.74 Å². The first-order valence-electron chi connectivity index (χ1n) is 10.4. The molecule has 0 fully saturated rings. The molecule has 6 heteroatoms. The smallest absolute Gasteiger partial charge is 0.489 e. The number of hydrogen-bond acceptors (Lipinski definition) is 3. The number of carbonyl (C=O) groups excluding carboxylic acids is 1. The van der Waals surface area contributed by atoms with Crippen LogP contribution in [0.1, 0.15) is 23.5 Å². The molecule has 0 radical (unpaired) electrons. The fourth-order valence-electron chi connectivity index (χ4n) is 3.69. The monoisotopic (exact) mass is 450 g/mol. The van der Waals surface area contributed by atoms with Crippen LogP contribution in [0, 0.1) is 0 Å². The topological polar surface area (TPSA) is 35.5 Å². The average molecular weight is 450 g/mol. The molecular weight excluding hydrogens is 429 g/mol. The Kier molecular flexibility index (Phi) is 6.63. The Labute approximate surface area is 189 Å². The molecule has 3 nitrogen and oxygen atoms in total. The minimum Gasteiger partial charge on any atom is -0.489 e. The lowest BCUT2D eigenvalue weighted by atomic mass is 9.89. The molecular formula is C27H21F3O3. The summed E-state index contributed by atoms with van der Waals surface area (Å²) in [6, 6.07) is 23.8. The van der Waals surface area contributed by atoms with E-state index in [9.17, 15) is 18.0 Å². The molecule has 1 aliphatic carbocycles. The molecule has 0 aromatic heterocycles. The number of benzene rings is 3. The fourth-order valence-corrected chi connectivity index (χ4v) is 3.69. The quantitative estimate of drug-likeness (QED) is 0.365. The molecule has 168 valence electrons. The van der Waals surface area contributed by atoms with Gasteiger partial charge in [0, 0.05) is 5.92 Å². The molecule has 33 heavy (non-hydrogen) atoms. The molecule has 0 spiro atoms. The van der Waals surface area contributed by atoms with Crippen LogP contribution in [0.25, 0.3) is 11.1 Å². The van der Waals surface area contributed by atoms with Crippen molar-refractivity contribution in [2.75, 3.05) is 0 Å². The van der Waals surface area contributed by atoms with E-state index in [1.807, 2.05) is 60.7 Å². The third-order valence-corrected chi connectivity index (χ3v) is 5.35. The van der Waals surface area contributed by atoms with Crippen LogP contribution >= 0.6 is 0 Å². The highest BCUT2D eigenvalue weighted by atomic mass is 19.4. The molecule has 1 aliphatic rings. The molecule has 0 saturated carbocycles. The van der Waals surface area contributed by atoms with Crippen LogP contribution in [0.15, 0.2) is 102 Å². The van der Waals surface area contributed by atoms with Crippen LogP contribution in [0.2, 0.25) is 0 Å². The minimum atomic E-state index is -4.73. The van der Waals surface area contributed by atoms with Crippen LogP contribution in [0.4, 0.5) is 13.2 Å². The second-order valence-electron chi connectivity index (χ2n) is 7.62. The minimum absolute atomic E-state index is 0.136. The molecule has 0 saturated heterocycles. The summed E-state index contributed by atoms with van der Waals surface area (Å²) < 4.78 is 46.8. The normalized spacial score (nSPS) is 15.9. The molecule has 3 aromatic rings. The summed E-state index contributed by atoms with van der Waals surface area (Å²) in [7, 11) is 0. The number of hydrogen-bond donors (Lipinski definition) is 0. The first-order chi connectivity index (χ1) is 15.9. The Morgan fingerprint density at radius 2 is 1.55 bits per heavy atom. The highest BCUT2D eigenvalue weighted by Crippen LogP contribution is 2.32. The summed E-state index contributed by atoms with van der Waals surface area (Å²) in [5.41, 5.74) is 4.43. The summed E-state index contributed by atoms with van der Waals surface area (Å²) in [5.74, 6) is 0.0903. The van der Waals surface area contributed by atoms with E-state index < -0.39 is 6.36 Å². The van der Waals surface area contributed by atoms with Crippen molar-refractivity contribution in [2.24, 2.45) is 0 Å². The van der Waals surface area contributed by atoms with E-state index in [4.69, 9.17) is 4.74 Å². The van der Waals surface area contributed by atoms with Gasteiger partial charge in [0.2, 0.25) is 0 Å². The number of rotatable bonds is 7. The van der Waals surface area contributed by atoms with E-state index >= 15 is 0 Å². The SMILES string of the molecule is O=CC1=CC(c2ccc(OC(F)(F)F)cc2)CC=C1OCc1ccc(-c2ccccc2)cc1. The molecule has 0 N–H and O–H groups in total. The third kappa shape index (κ3) is 5.92. The number of aldehydes is 1. The zero-order valence-corrected chi connectivity index (χ0v) is 17.6. The number of allylic oxidation sites excluding steroid dienone is 3. The maximum absolute atomic E-state index is 12.3. The Morgan fingerprint density at radius 1 is 0.879 bits per heavy atom. The standard InChI is InChI=1S/C27H21F3O3/c28-27(29,30)33-25-13-10-22(11-14-25)23-12-15-26(24(16-23)17-31)32-18-19-6-8-21(9-7-19)20-4-2-1-3-5-20/h1-11,13-17,23H,12,18H2. The Bertz CT molecular complexity index is 1150. The lowest BCUT2D eigenvalue weighted by Gasteiger charge is -2.20. The molecule has 1 atom stereocenters. The van der Waals surface area contributed by atoms with E-state index in [1.54, 1.807) is 18.2 Å². The fraction of sp³-hybridized carbons (Fsp3) is 0.148. The molecule has 4 rings (SSSR count). The zero-order chi connectivity index (χ0) is 23.3. The van der Waals surface area contributed by atoms with Gasteiger partial charge in [-0.25, -0.2) is 0 Å². The van der Waals surface area contributed by atoms with Crippen molar-refractivity contribution in [1.29, 1.82) is 0 Å².